The third-order valence-electron chi connectivity index (χ3n) is 6.78. The molecule has 39 heavy (non-hydrogen) atoms. The molecule has 6 nitrogen and oxygen atoms in total. The zero-order valence-corrected chi connectivity index (χ0v) is 23.0. The molecule has 2 heterocycles. The summed E-state index contributed by atoms with van der Waals surface area (Å²) in [6.07, 6.45) is 8.91. The first-order chi connectivity index (χ1) is 18.7. The normalized spacial score (nSPS) is 14.2. The summed E-state index contributed by atoms with van der Waals surface area (Å²) in [4.78, 5) is 27.6. The molecule has 0 fully saturated rings. The average Bonchev–Trinajstić information content (AvgIpc) is 2.93. The molecular formula is C33H33N3O3. The topological polar surface area (TPSA) is 80.7 Å². The van der Waals surface area contributed by atoms with Crippen molar-refractivity contribution in [1.29, 1.82) is 0 Å². The Morgan fingerprint density at radius 1 is 1.15 bits per heavy atom. The number of nitrogens with one attached hydrogen (secondary N) is 1. The van der Waals surface area contributed by atoms with Gasteiger partial charge in [-0.05, 0) is 93.3 Å². The quantitative estimate of drug-likeness (QED) is 0.301. The molecule has 6 heteroatoms. The van der Waals surface area contributed by atoms with Crippen LogP contribution in [0, 0.1) is 11.8 Å². The zero-order valence-electron chi connectivity index (χ0n) is 23.0. The SMILES string of the molecule is C=C1C=C(/C(C)=C/c2cccnc2/C=C(/C)CC)Oc2c1cc(C)cc2C(C)Nc1ccccc1C(=O)N=O. The van der Waals surface area contributed by atoms with E-state index in [0.717, 1.165) is 45.5 Å². The van der Waals surface area contributed by atoms with E-state index in [-0.39, 0.29) is 11.6 Å². The summed E-state index contributed by atoms with van der Waals surface area (Å²) in [7, 11) is 0. The highest BCUT2D eigenvalue weighted by Crippen LogP contribution is 2.42. The number of anilines is 1. The van der Waals surface area contributed by atoms with E-state index in [0.29, 0.717) is 17.2 Å². The summed E-state index contributed by atoms with van der Waals surface area (Å²) in [5.74, 6) is 0.601. The van der Waals surface area contributed by atoms with E-state index >= 15 is 0 Å². The molecule has 4 rings (SSSR count). The van der Waals surface area contributed by atoms with E-state index in [4.69, 9.17) is 4.74 Å². The summed E-state index contributed by atoms with van der Waals surface area (Å²) in [6.45, 7) is 14.6. The second-order valence-corrected chi connectivity index (χ2v) is 9.82. The van der Waals surface area contributed by atoms with Crippen LogP contribution in [-0.4, -0.2) is 10.9 Å². The molecule has 2 aromatic carbocycles. The number of hydrogen-bond donors (Lipinski definition) is 1. The molecule has 1 aliphatic heterocycles. The van der Waals surface area contributed by atoms with Gasteiger partial charge in [-0.15, -0.1) is 4.91 Å². The third-order valence-corrected chi connectivity index (χ3v) is 6.78. The van der Waals surface area contributed by atoms with Gasteiger partial charge in [0, 0.05) is 33.8 Å². The van der Waals surface area contributed by atoms with Crippen molar-refractivity contribution in [2.75, 3.05) is 5.32 Å². The van der Waals surface area contributed by atoms with Gasteiger partial charge < -0.3 is 10.1 Å². The lowest BCUT2D eigenvalue weighted by molar-refractivity contribution is 0.100. The average molecular weight is 520 g/mol. The van der Waals surface area contributed by atoms with Crippen LogP contribution in [0.1, 0.15) is 78.5 Å². The molecule has 1 unspecified atom stereocenters. The Bertz CT molecular complexity index is 1550. The maximum absolute atomic E-state index is 12.1. The molecule has 0 saturated heterocycles. The van der Waals surface area contributed by atoms with Crippen LogP contribution in [0.15, 0.2) is 89.5 Å². The lowest BCUT2D eigenvalue weighted by Crippen LogP contribution is -2.14. The molecule has 0 aliphatic carbocycles. The van der Waals surface area contributed by atoms with E-state index in [2.05, 4.69) is 60.2 Å². The van der Waals surface area contributed by atoms with Crippen molar-refractivity contribution in [3.05, 3.63) is 123 Å². The molecule has 0 saturated carbocycles. The van der Waals surface area contributed by atoms with Crippen LogP contribution in [0.3, 0.4) is 0 Å². The Hall–Kier alpha value is -4.58. The number of rotatable bonds is 8. The van der Waals surface area contributed by atoms with Gasteiger partial charge in [-0.3, -0.25) is 9.78 Å². The number of nitrogens with zero attached hydrogens (tertiary/aromatic N) is 2. The predicted octanol–water partition coefficient (Wildman–Crippen LogP) is 8.68. The van der Waals surface area contributed by atoms with Crippen LogP contribution in [0.25, 0.3) is 17.7 Å². The maximum Gasteiger partial charge on any atom is 0.318 e. The van der Waals surface area contributed by atoms with Crippen molar-refractivity contribution in [2.45, 2.75) is 47.1 Å². The Morgan fingerprint density at radius 2 is 1.92 bits per heavy atom. The second-order valence-electron chi connectivity index (χ2n) is 9.82. The fraction of sp³-hybridized carbons (Fsp3) is 0.212. The minimum absolute atomic E-state index is 0.227. The Kier molecular flexibility index (Phi) is 8.35. The zero-order chi connectivity index (χ0) is 28.1. The number of carbonyl (C=O) groups excluding carboxylic acids is 1. The van der Waals surface area contributed by atoms with Gasteiger partial charge in [0.2, 0.25) is 0 Å². The number of pyridine rings is 1. The second kappa shape index (κ2) is 11.9. The number of ether oxygens (including phenoxy) is 1. The van der Waals surface area contributed by atoms with Crippen molar-refractivity contribution >= 4 is 29.3 Å². The molecule has 0 radical (unpaired) electrons. The minimum Gasteiger partial charge on any atom is -0.456 e. The number of para-hydroxylation sites is 1. The number of nitroso groups, excluding NO2 is 1. The third kappa shape index (κ3) is 6.12. The maximum atomic E-state index is 12.1. The molecule has 1 aromatic heterocycles. The smallest absolute Gasteiger partial charge is 0.318 e. The van der Waals surface area contributed by atoms with Crippen LogP contribution in [0.5, 0.6) is 5.75 Å². The standard InChI is InChI=1S/C33H33N3O3/c1-7-20(2)17-30-25(11-10-14-34-30)18-23(5)31-19-22(4)27-15-21(3)16-28(32(27)39-31)24(6)35-29-13-9-8-12-26(29)33(37)36-38/h8-19,24,35H,4,7H2,1-3,5-6H3/b20-17-,23-18+. The van der Waals surface area contributed by atoms with E-state index in [9.17, 15) is 9.70 Å². The lowest BCUT2D eigenvalue weighted by atomic mass is 9.93. The lowest BCUT2D eigenvalue weighted by Gasteiger charge is -2.27. The number of amides is 1. The van der Waals surface area contributed by atoms with Gasteiger partial charge in [-0.2, -0.15) is 0 Å². The number of fused-ring (bicyclic) bond motifs is 1. The molecule has 1 N–H and O–H groups in total. The monoisotopic (exact) mass is 519 g/mol. The largest absolute Gasteiger partial charge is 0.456 e. The van der Waals surface area contributed by atoms with Gasteiger partial charge in [0.15, 0.2) is 0 Å². The molecule has 1 aliphatic rings. The Labute approximate surface area is 229 Å². The van der Waals surface area contributed by atoms with E-state index in [1.165, 1.54) is 5.57 Å². The number of carbonyl (C=O) groups is 1. The fourth-order valence-electron chi connectivity index (χ4n) is 4.51. The van der Waals surface area contributed by atoms with Crippen LogP contribution >= 0.6 is 0 Å². The van der Waals surface area contributed by atoms with E-state index in [1.54, 1.807) is 30.5 Å². The number of benzene rings is 2. The summed E-state index contributed by atoms with van der Waals surface area (Å²) < 4.78 is 6.54. The van der Waals surface area contributed by atoms with Crippen molar-refractivity contribution < 1.29 is 9.53 Å². The fourth-order valence-corrected chi connectivity index (χ4v) is 4.51. The first-order valence-corrected chi connectivity index (χ1v) is 13.0. The molecule has 198 valence electrons. The molecule has 0 spiro atoms. The Morgan fingerprint density at radius 3 is 2.67 bits per heavy atom. The van der Waals surface area contributed by atoms with Gasteiger partial charge in [0.05, 0.1) is 17.3 Å². The molecule has 1 amide bonds. The minimum atomic E-state index is -0.814. The number of aromatic nitrogens is 1. The number of hydrogen-bond acceptors (Lipinski definition) is 5. The van der Waals surface area contributed by atoms with Crippen molar-refractivity contribution in [1.82, 2.24) is 4.98 Å². The number of allylic oxidation sites excluding steroid dienone is 4. The van der Waals surface area contributed by atoms with Gasteiger partial charge in [0.25, 0.3) is 0 Å². The van der Waals surface area contributed by atoms with Gasteiger partial charge in [0.1, 0.15) is 11.5 Å². The molecule has 1 atom stereocenters. The summed E-state index contributed by atoms with van der Waals surface area (Å²) in [6, 6.07) is 14.7. The van der Waals surface area contributed by atoms with Crippen LogP contribution in [-0.2, 0) is 0 Å². The van der Waals surface area contributed by atoms with Gasteiger partial charge >= 0.3 is 5.91 Å². The molecule has 3 aromatic rings. The highest BCUT2D eigenvalue weighted by molar-refractivity contribution is 6.00. The van der Waals surface area contributed by atoms with Gasteiger partial charge in [-0.1, -0.05) is 43.3 Å². The molecule has 0 bridgehead atoms. The van der Waals surface area contributed by atoms with Crippen LogP contribution in [0.2, 0.25) is 0 Å². The van der Waals surface area contributed by atoms with Crippen molar-refractivity contribution in [3.8, 4) is 5.75 Å². The first kappa shape index (κ1) is 27.5. The van der Waals surface area contributed by atoms with Crippen LogP contribution in [0.4, 0.5) is 5.69 Å². The predicted molar refractivity (Wildman–Crippen MR) is 159 cm³/mol. The first-order valence-electron chi connectivity index (χ1n) is 13.0. The van der Waals surface area contributed by atoms with Crippen LogP contribution < -0.4 is 10.1 Å². The highest BCUT2D eigenvalue weighted by atomic mass is 16.5. The summed E-state index contributed by atoms with van der Waals surface area (Å²) in [5, 5.41) is 5.97. The molecular weight excluding hydrogens is 486 g/mol. The summed E-state index contributed by atoms with van der Waals surface area (Å²) >= 11 is 0. The highest BCUT2D eigenvalue weighted by Gasteiger charge is 2.24. The van der Waals surface area contributed by atoms with Crippen molar-refractivity contribution in [2.24, 2.45) is 5.18 Å². The Balaban J connectivity index is 1.70. The summed E-state index contributed by atoms with van der Waals surface area (Å²) in [5.41, 5.74) is 8.62. The van der Waals surface area contributed by atoms with E-state index in [1.807, 2.05) is 39.0 Å². The van der Waals surface area contributed by atoms with E-state index < -0.39 is 5.91 Å². The number of aryl methyl sites for hydroxylation is 1. The van der Waals surface area contributed by atoms with Gasteiger partial charge in [-0.25, -0.2) is 0 Å². The van der Waals surface area contributed by atoms with Crippen molar-refractivity contribution in [3.63, 3.8) is 0 Å².